The van der Waals surface area contributed by atoms with Gasteiger partial charge in [0, 0.05) is 16.1 Å². The van der Waals surface area contributed by atoms with Gasteiger partial charge in [-0.05, 0) is 67.2 Å². The molecule has 0 fully saturated rings. The summed E-state index contributed by atoms with van der Waals surface area (Å²) in [4.78, 5) is 24.2. The molecule has 0 spiro atoms. The number of nitrogens with one attached hydrogen (secondary N) is 3. The average Bonchev–Trinajstić information content (AvgIpc) is 2.72. The quantitative estimate of drug-likeness (QED) is 0.329. The molecule has 0 saturated carbocycles. The van der Waals surface area contributed by atoms with Crippen LogP contribution in [-0.2, 0) is 0 Å². The lowest BCUT2D eigenvalue weighted by atomic mass is 10.2. The maximum absolute atomic E-state index is 12.2. The minimum Gasteiger partial charge on any atom is -0.494 e. The Hall–Kier alpha value is -2.64. The van der Waals surface area contributed by atoms with Crippen LogP contribution in [0.1, 0.15) is 53.3 Å². The Morgan fingerprint density at radius 2 is 1.52 bits per heavy atom. The summed E-state index contributed by atoms with van der Waals surface area (Å²) in [6.45, 7) is 2.83. The number of benzene rings is 2. The molecule has 6 nitrogen and oxygen atoms in total. The van der Waals surface area contributed by atoms with Crippen LogP contribution in [0.25, 0.3) is 0 Å². The number of rotatable bonds is 8. The molecule has 8 heteroatoms. The summed E-state index contributed by atoms with van der Waals surface area (Å²) in [7, 11) is 0. The van der Waals surface area contributed by atoms with E-state index >= 15 is 0 Å². The highest BCUT2D eigenvalue weighted by Gasteiger charge is 2.10. The number of carbonyl (C=O) groups excluding carboxylic acids is 2. The standard InChI is InChI=1S/C21H24ClN3O3S/c1-2-3-4-5-14-28-18-12-8-16(9-13-18)20(27)24-25-21(29)23-19(26)15-6-10-17(22)11-7-15/h6-13H,2-5,14H2,1H3,(H,24,27)(H2,23,25,26,29). The van der Waals surface area contributed by atoms with E-state index in [0.717, 1.165) is 18.6 Å². The average molecular weight is 434 g/mol. The van der Waals surface area contributed by atoms with Crippen LogP contribution in [-0.4, -0.2) is 23.5 Å². The molecule has 3 N–H and O–H groups in total. The molecule has 154 valence electrons. The van der Waals surface area contributed by atoms with Gasteiger partial charge in [-0.3, -0.25) is 25.8 Å². The van der Waals surface area contributed by atoms with E-state index in [1.54, 1.807) is 48.5 Å². The molecule has 0 unspecified atom stereocenters. The van der Waals surface area contributed by atoms with E-state index in [0.29, 0.717) is 22.8 Å². The van der Waals surface area contributed by atoms with Crippen LogP contribution in [0, 0.1) is 0 Å². The lowest BCUT2D eigenvalue weighted by Gasteiger charge is -2.11. The molecular weight excluding hydrogens is 410 g/mol. The maximum atomic E-state index is 12.2. The van der Waals surface area contributed by atoms with Crippen molar-refractivity contribution in [3.63, 3.8) is 0 Å². The van der Waals surface area contributed by atoms with Crippen molar-refractivity contribution in [3.8, 4) is 5.75 Å². The molecule has 0 bridgehead atoms. The monoisotopic (exact) mass is 433 g/mol. The zero-order valence-electron chi connectivity index (χ0n) is 16.2. The van der Waals surface area contributed by atoms with Gasteiger partial charge in [0.2, 0.25) is 0 Å². The fourth-order valence-corrected chi connectivity index (χ4v) is 2.68. The predicted octanol–water partition coefficient (Wildman–Crippen LogP) is 4.25. The van der Waals surface area contributed by atoms with Crippen LogP contribution < -0.4 is 20.9 Å². The number of halogens is 1. The topological polar surface area (TPSA) is 79.5 Å². The number of hydrogen-bond acceptors (Lipinski definition) is 4. The third-order valence-electron chi connectivity index (χ3n) is 4.01. The van der Waals surface area contributed by atoms with Crippen LogP contribution in [0.2, 0.25) is 5.02 Å². The van der Waals surface area contributed by atoms with Gasteiger partial charge in [0.15, 0.2) is 5.11 Å². The lowest BCUT2D eigenvalue weighted by molar-refractivity contribution is 0.0934. The van der Waals surface area contributed by atoms with Gasteiger partial charge in [-0.1, -0.05) is 37.8 Å². The van der Waals surface area contributed by atoms with Gasteiger partial charge in [0.25, 0.3) is 11.8 Å². The molecular formula is C21H24ClN3O3S. The summed E-state index contributed by atoms with van der Waals surface area (Å²) in [5, 5.41) is 2.98. The summed E-state index contributed by atoms with van der Waals surface area (Å²) >= 11 is 10.8. The van der Waals surface area contributed by atoms with Gasteiger partial charge in [0.05, 0.1) is 6.61 Å². The molecule has 0 aliphatic heterocycles. The van der Waals surface area contributed by atoms with Gasteiger partial charge in [-0.25, -0.2) is 0 Å². The van der Waals surface area contributed by atoms with Gasteiger partial charge in [-0.15, -0.1) is 0 Å². The van der Waals surface area contributed by atoms with Crippen molar-refractivity contribution in [2.45, 2.75) is 32.6 Å². The molecule has 0 aliphatic carbocycles. The Kier molecular flexibility index (Phi) is 9.40. The van der Waals surface area contributed by atoms with E-state index < -0.39 is 5.91 Å². The van der Waals surface area contributed by atoms with Crippen LogP contribution in [0.15, 0.2) is 48.5 Å². The van der Waals surface area contributed by atoms with Crippen LogP contribution in [0.4, 0.5) is 0 Å². The second-order valence-corrected chi connectivity index (χ2v) is 7.15. The van der Waals surface area contributed by atoms with E-state index in [4.69, 9.17) is 28.6 Å². The van der Waals surface area contributed by atoms with Crippen molar-refractivity contribution in [1.29, 1.82) is 0 Å². The smallest absolute Gasteiger partial charge is 0.269 e. The van der Waals surface area contributed by atoms with Gasteiger partial charge < -0.3 is 4.74 Å². The third kappa shape index (κ3) is 8.09. The van der Waals surface area contributed by atoms with Crippen LogP contribution >= 0.6 is 23.8 Å². The summed E-state index contributed by atoms with van der Waals surface area (Å²) in [5.41, 5.74) is 5.78. The minimum absolute atomic E-state index is 0.0228. The number of thiocarbonyl (C=S) groups is 1. The molecule has 2 rings (SSSR count). The molecule has 0 aliphatic rings. The van der Waals surface area contributed by atoms with Gasteiger partial charge in [-0.2, -0.15) is 0 Å². The van der Waals surface area contributed by atoms with E-state index in [2.05, 4.69) is 23.1 Å². The number of hydrazine groups is 1. The molecule has 2 amide bonds. The molecule has 0 atom stereocenters. The zero-order valence-corrected chi connectivity index (χ0v) is 17.7. The second-order valence-electron chi connectivity index (χ2n) is 6.30. The first kappa shape index (κ1) is 22.6. The van der Waals surface area contributed by atoms with Gasteiger partial charge >= 0.3 is 0 Å². The Bertz CT molecular complexity index is 826. The Labute approximate surface area is 180 Å². The highest BCUT2D eigenvalue weighted by Crippen LogP contribution is 2.13. The van der Waals surface area contributed by atoms with Crippen molar-refractivity contribution in [1.82, 2.24) is 16.2 Å². The number of carbonyl (C=O) groups is 2. The lowest BCUT2D eigenvalue weighted by Crippen LogP contribution is -2.48. The molecule has 0 radical (unpaired) electrons. The van der Waals surface area contributed by atoms with E-state index in [1.807, 2.05) is 0 Å². The number of ether oxygens (including phenoxy) is 1. The van der Waals surface area contributed by atoms with Crippen LogP contribution in [0.5, 0.6) is 5.75 Å². The number of hydrogen-bond donors (Lipinski definition) is 3. The maximum Gasteiger partial charge on any atom is 0.269 e. The Morgan fingerprint density at radius 1 is 0.897 bits per heavy atom. The SMILES string of the molecule is CCCCCCOc1ccc(C(=O)NNC(=S)NC(=O)c2ccc(Cl)cc2)cc1. The predicted molar refractivity (Wildman–Crippen MR) is 118 cm³/mol. The number of amides is 2. The summed E-state index contributed by atoms with van der Waals surface area (Å²) < 4.78 is 5.65. The molecule has 0 saturated heterocycles. The van der Waals surface area contributed by atoms with Crippen molar-refractivity contribution < 1.29 is 14.3 Å². The van der Waals surface area contributed by atoms with Gasteiger partial charge in [0.1, 0.15) is 5.75 Å². The van der Waals surface area contributed by atoms with Crippen molar-refractivity contribution >= 4 is 40.7 Å². The first-order valence-electron chi connectivity index (χ1n) is 9.39. The Balaban J connectivity index is 1.74. The first-order valence-corrected chi connectivity index (χ1v) is 10.2. The molecule has 29 heavy (non-hydrogen) atoms. The fourth-order valence-electron chi connectivity index (χ4n) is 2.41. The highest BCUT2D eigenvalue weighted by molar-refractivity contribution is 7.80. The fraction of sp³-hybridized carbons (Fsp3) is 0.286. The summed E-state index contributed by atoms with van der Waals surface area (Å²) in [6, 6.07) is 13.2. The number of unbranched alkanes of at least 4 members (excludes halogenated alkanes) is 3. The largest absolute Gasteiger partial charge is 0.494 e. The Morgan fingerprint density at radius 3 is 2.17 bits per heavy atom. The van der Waals surface area contributed by atoms with Crippen LogP contribution in [0.3, 0.4) is 0 Å². The summed E-state index contributed by atoms with van der Waals surface area (Å²) in [5.74, 6) is -0.0757. The van der Waals surface area contributed by atoms with E-state index in [9.17, 15) is 9.59 Å². The van der Waals surface area contributed by atoms with E-state index in [-0.39, 0.29) is 11.0 Å². The minimum atomic E-state index is -0.408. The highest BCUT2D eigenvalue weighted by atomic mass is 35.5. The molecule has 2 aromatic carbocycles. The molecule has 0 heterocycles. The van der Waals surface area contributed by atoms with Crippen molar-refractivity contribution in [2.75, 3.05) is 6.61 Å². The first-order chi connectivity index (χ1) is 14.0. The van der Waals surface area contributed by atoms with E-state index in [1.165, 1.54) is 12.8 Å². The second kappa shape index (κ2) is 12.0. The summed E-state index contributed by atoms with van der Waals surface area (Å²) in [6.07, 6.45) is 4.56. The third-order valence-corrected chi connectivity index (χ3v) is 4.46. The molecule has 2 aromatic rings. The van der Waals surface area contributed by atoms with Crippen molar-refractivity contribution in [3.05, 3.63) is 64.7 Å². The normalized spacial score (nSPS) is 10.1. The zero-order chi connectivity index (χ0) is 21.1. The molecule has 0 aromatic heterocycles. The van der Waals surface area contributed by atoms with Crippen molar-refractivity contribution in [2.24, 2.45) is 0 Å².